The van der Waals surface area contributed by atoms with Crippen LogP contribution in [0.5, 0.6) is 5.75 Å². The van der Waals surface area contributed by atoms with Crippen molar-refractivity contribution in [2.24, 2.45) is 0 Å². The number of amides is 1. The van der Waals surface area contributed by atoms with Gasteiger partial charge in [-0.25, -0.2) is 9.97 Å². The first kappa shape index (κ1) is 25.0. The normalized spacial score (nSPS) is 22.0. The van der Waals surface area contributed by atoms with Crippen molar-refractivity contribution in [1.82, 2.24) is 14.9 Å². The van der Waals surface area contributed by atoms with E-state index in [-0.39, 0.29) is 5.91 Å². The van der Waals surface area contributed by atoms with Crippen molar-refractivity contribution in [2.45, 2.75) is 59.7 Å². The summed E-state index contributed by atoms with van der Waals surface area (Å²) in [5, 5.41) is 11.0. The number of hydrogen-bond donors (Lipinski definition) is 2. The third-order valence-electron chi connectivity index (χ3n) is 7.66. The van der Waals surface area contributed by atoms with Crippen LogP contribution in [0.15, 0.2) is 12.4 Å². The van der Waals surface area contributed by atoms with Crippen LogP contribution in [0.3, 0.4) is 0 Å². The Morgan fingerprint density at radius 2 is 1.83 bits per heavy atom. The minimum absolute atomic E-state index is 0.187. The van der Waals surface area contributed by atoms with Crippen LogP contribution in [-0.4, -0.2) is 76.9 Å². The van der Waals surface area contributed by atoms with Gasteiger partial charge in [-0.15, -0.1) is 0 Å². The molecular formula is C26H38N6O3. The molecule has 9 nitrogen and oxygen atoms in total. The summed E-state index contributed by atoms with van der Waals surface area (Å²) >= 11 is 0. The van der Waals surface area contributed by atoms with E-state index in [2.05, 4.69) is 39.7 Å². The van der Waals surface area contributed by atoms with Gasteiger partial charge in [0.1, 0.15) is 23.9 Å². The number of carbonyl (C=O) groups excluding carboxylic acids is 1. The second-order valence-electron chi connectivity index (χ2n) is 9.76. The second-order valence-corrected chi connectivity index (χ2v) is 9.76. The van der Waals surface area contributed by atoms with E-state index in [0.29, 0.717) is 44.1 Å². The molecule has 0 saturated carbocycles. The molecule has 2 unspecified atom stereocenters. The van der Waals surface area contributed by atoms with Crippen LogP contribution in [0, 0.1) is 20.8 Å². The molecule has 0 radical (unpaired) electrons. The highest BCUT2D eigenvalue weighted by atomic mass is 16.5. The van der Waals surface area contributed by atoms with Crippen molar-refractivity contribution in [3.63, 3.8) is 0 Å². The van der Waals surface area contributed by atoms with Crippen molar-refractivity contribution in [3.05, 3.63) is 34.6 Å². The molecule has 0 spiro atoms. The molecule has 1 aromatic heterocycles. The third-order valence-corrected chi connectivity index (χ3v) is 7.66. The van der Waals surface area contributed by atoms with Crippen LogP contribution >= 0.6 is 0 Å². The maximum Gasteiger partial charge on any atom is 0.269 e. The summed E-state index contributed by atoms with van der Waals surface area (Å²) in [6, 6.07) is 2.11. The lowest BCUT2D eigenvalue weighted by Gasteiger charge is -2.44. The van der Waals surface area contributed by atoms with E-state index < -0.39 is 11.7 Å². The maximum absolute atomic E-state index is 13.7. The number of anilines is 3. The Balaban J connectivity index is 1.51. The van der Waals surface area contributed by atoms with Gasteiger partial charge in [-0.2, -0.15) is 0 Å². The molecule has 4 rings (SSSR count). The van der Waals surface area contributed by atoms with Gasteiger partial charge < -0.3 is 30.3 Å². The van der Waals surface area contributed by atoms with E-state index in [1.165, 1.54) is 0 Å². The van der Waals surface area contributed by atoms with E-state index in [9.17, 15) is 9.90 Å². The minimum Gasteiger partial charge on any atom is -0.474 e. The van der Waals surface area contributed by atoms with Gasteiger partial charge in [-0.3, -0.25) is 4.79 Å². The molecule has 3 N–H and O–H groups in total. The summed E-state index contributed by atoms with van der Waals surface area (Å²) in [5.74, 6) is 1.99. The standard InChI is InChI=1S/C26H38N6O3/c1-7-30(8-2)23-21(27)24(29-15-28-23)31-9-11-32(12-10-31)25(34)26(6)20(33)14-19-17(4)13-16(3)18(5)22(19)35-26/h13,15,20,33H,7-12,14,27H2,1-6H3. The molecule has 2 aliphatic heterocycles. The fraction of sp³-hybridized carbons (Fsp3) is 0.577. The highest BCUT2D eigenvalue weighted by Crippen LogP contribution is 2.40. The van der Waals surface area contributed by atoms with Gasteiger partial charge in [0.15, 0.2) is 11.6 Å². The van der Waals surface area contributed by atoms with E-state index >= 15 is 0 Å². The number of aliphatic hydroxyl groups is 1. The Labute approximate surface area is 207 Å². The number of benzene rings is 1. The summed E-state index contributed by atoms with van der Waals surface area (Å²) in [5.41, 5.74) is 9.89. The van der Waals surface area contributed by atoms with Gasteiger partial charge in [-0.05, 0) is 58.2 Å². The minimum atomic E-state index is -1.33. The number of rotatable bonds is 5. The Morgan fingerprint density at radius 1 is 1.17 bits per heavy atom. The van der Waals surface area contributed by atoms with E-state index in [0.717, 1.165) is 46.9 Å². The Morgan fingerprint density at radius 3 is 2.46 bits per heavy atom. The average Bonchev–Trinajstić information content (AvgIpc) is 2.85. The molecule has 9 heteroatoms. The largest absolute Gasteiger partial charge is 0.474 e. The molecule has 35 heavy (non-hydrogen) atoms. The van der Waals surface area contributed by atoms with Crippen molar-refractivity contribution < 1.29 is 14.6 Å². The summed E-state index contributed by atoms with van der Waals surface area (Å²) in [7, 11) is 0. The zero-order chi connectivity index (χ0) is 25.5. The Kier molecular flexibility index (Phi) is 6.81. The van der Waals surface area contributed by atoms with Crippen molar-refractivity contribution in [3.8, 4) is 5.75 Å². The number of nitrogens with zero attached hydrogens (tertiary/aromatic N) is 5. The molecule has 2 aliphatic rings. The van der Waals surface area contributed by atoms with Crippen molar-refractivity contribution in [2.75, 3.05) is 54.8 Å². The summed E-state index contributed by atoms with van der Waals surface area (Å²) in [6.45, 7) is 15.7. The fourth-order valence-corrected chi connectivity index (χ4v) is 5.19. The zero-order valence-corrected chi connectivity index (χ0v) is 21.8. The van der Waals surface area contributed by atoms with Crippen LogP contribution in [0.25, 0.3) is 0 Å². The molecule has 3 heterocycles. The summed E-state index contributed by atoms with van der Waals surface area (Å²) < 4.78 is 6.34. The number of aromatic nitrogens is 2. The Hall–Kier alpha value is -3.07. The molecule has 1 aromatic carbocycles. The highest BCUT2D eigenvalue weighted by Gasteiger charge is 2.49. The van der Waals surface area contributed by atoms with Gasteiger partial charge in [0.2, 0.25) is 5.60 Å². The van der Waals surface area contributed by atoms with E-state index in [1.807, 2.05) is 20.8 Å². The molecule has 190 valence electrons. The predicted molar refractivity (Wildman–Crippen MR) is 138 cm³/mol. The third kappa shape index (κ3) is 4.26. The number of aryl methyl sites for hydroxylation is 2. The van der Waals surface area contributed by atoms with Crippen molar-refractivity contribution in [1.29, 1.82) is 0 Å². The fourth-order valence-electron chi connectivity index (χ4n) is 5.19. The van der Waals surface area contributed by atoms with Crippen LogP contribution in [0.4, 0.5) is 17.3 Å². The van der Waals surface area contributed by atoms with Gasteiger partial charge in [0.25, 0.3) is 5.91 Å². The predicted octanol–water partition coefficient (Wildman–Crippen LogP) is 2.23. The SMILES string of the molecule is CCN(CC)c1ncnc(N2CCN(C(=O)C3(C)Oc4c(C)c(C)cc(C)c4CC3O)CC2)c1N. The molecule has 1 saturated heterocycles. The lowest BCUT2D eigenvalue weighted by atomic mass is 9.84. The number of ether oxygens (including phenoxy) is 1. The molecule has 2 aromatic rings. The number of hydrogen-bond acceptors (Lipinski definition) is 8. The topological polar surface area (TPSA) is 108 Å². The first-order valence-corrected chi connectivity index (χ1v) is 12.5. The number of nitrogens with two attached hydrogens (primary N) is 1. The van der Waals surface area contributed by atoms with E-state index in [4.69, 9.17) is 10.5 Å². The molecule has 0 bridgehead atoms. The van der Waals surface area contributed by atoms with Crippen LogP contribution in [0.1, 0.15) is 43.0 Å². The van der Waals surface area contributed by atoms with Gasteiger partial charge in [0.05, 0.1) is 0 Å². The number of aliphatic hydroxyl groups excluding tert-OH is 1. The smallest absolute Gasteiger partial charge is 0.269 e. The lowest BCUT2D eigenvalue weighted by Crippen LogP contribution is -2.63. The first-order chi connectivity index (χ1) is 16.6. The maximum atomic E-state index is 13.7. The molecule has 2 atom stereocenters. The van der Waals surface area contributed by atoms with Gasteiger partial charge in [-0.1, -0.05) is 6.07 Å². The number of carbonyl (C=O) groups is 1. The summed E-state index contributed by atoms with van der Waals surface area (Å²) in [4.78, 5) is 28.5. The van der Waals surface area contributed by atoms with Crippen LogP contribution < -0.4 is 20.3 Å². The van der Waals surface area contributed by atoms with Gasteiger partial charge >= 0.3 is 0 Å². The lowest BCUT2D eigenvalue weighted by molar-refractivity contribution is -0.159. The highest BCUT2D eigenvalue weighted by molar-refractivity contribution is 5.87. The first-order valence-electron chi connectivity index (χ1n) is 12.5. The monoisotopic (exact) mass is 482 g/mol. The summed E-state index contributed by atoms with van der Waals surface area (Å²) in [6.07, 6.45) is 1.03. The molecular weight excluding hydrogens is 444 g/mol. The number of piperazine rings is 1. The average molecular weight is 483 g/mol. The van der Waals surface area contributed by atoms with Crippen LogP contribution in [0.2, 0.25) is 0 Å². The van der Waals surface area contributed by atoms with E-state index in [1.54, 1.807) is 18.2 Å². The Bertz CT molecular complexity index is 1110. The van der Waals surface area contributed by atoms with Gasteiger partial charge in [0, 0.05) is 51.3 Å². The zero-order valence-electron chi connectivity index (χ0n) is 21.8. The van der Waals surface area contributed by atoms with Crippen LogP contribution in [-0.2, 0) is 11.2 Å². The quantitative estimate of drug-likeness (QED) is 0.668. The molecule has 1 fully saturated rings. The molecule has 1 amide bonds. The number of nitrogen functional groups attached to an aromatic ring is 1. The molecule has 0 aliphatic carbocycles. The second kappa shape index (κ2) is 9.53. The van der Waals surface area contributed by atoms with Crippen molar-refractivity contribution >= 4 is 23.2 Å². The number of fused-ring (bicyclic) bond motifs is 1.